The van der Waals surface area contributed by atoms with Crippen molar-refractivity contribution in [2.45, 2.75) is 0 Å². The van der Waals surface area contributed by atoms with Crippen LogP contribution in [0.25, 0.3) is 23.3 Å². The lowest BCUT2D eigenvalue weighted by atomic mass is 10.0. The number of nitrogen functional groups attached to an aromatic ring is 2. The van der Waals surface area contributed by atoms with Crippen molar-refractivity contribution in [2.75, 3.05) is 11.5 Å². The Morgan fingerprint density at radius 3 is 2.05 bits per heavy atom. The molecule has 0 radical (unpaired) electrons. The molecular formula is C20H18N2. The highest BCUT2D eigenvalue weighted by Crippen LogP contribution is 2.26. The molecule has 4 N–H and O–H groups in total. The molecule has 0 aromatic heterocycles. The van der Waals surface area contributed by atoms with Crippen molar-refractivity contribution in [1.82, 2.24) is 0 Å². The first-order valence-corrected chi connectivity index (χ1v) is 7.21. The molecule has 0 unspecified atom stereocenters. The summed E-state index contributed by atoms with van der Waals surface area (Å²) < 4.78 is 0. The SMILES string of the molecule is Nc1ccc(-c2ccc(N)c(C=Cc3ccccc3)c2)cc1. The first kappa shape index (κ1) is 14.0. The van der Waals surface area contributed by atoms with Crippen molar-refractivity contribution in [1.29, 1.82) is 0 Å². The van der Waals surface area contributed by atoms with Crippen LogP contribution in [0, 0.1) is 0 Å². The minimum atomic E-state index is 0.767. The second-order valence-corrected chi connectivity index (χ2v) is 5.21. The molecule has 108 valence electrons. The van der Waals surface area contributed by atoms with Crippen LogP contribution in [-0.4, -0.2) is 0 Å². The fourth-order valence-corrected chi connectivity index (χ4v) is 2.32. The number of rotatable bonds is 3. The van der Waals surface area contributed by atoms with E-state index >= 15 is 0 Å². The van der Waals surface area contributed by atoms with Crippen molar-refractivity contribution in [3.8, 4) is 11.1 Å². The summed E-state index contributed by atoms with van der Waals surface area (Å²) in [4.78, 5) is 0. The van der Waals surface area contributed by atoms with Crippen molar-refractivity contribution in [3.63, 3.8) is 0 Å². The molecule has 0 aliphatic heterocycles. The van der Waals surface area contributed by atoms with Gasteiger partial charge in [-0.05, 0) is 46.5 Å². The zero-order chi connectivity index (χ0) is 15.4. The normalized spacial score (nSPS) is 10.9. The molecule has 22 heavy (non-hydrogen) atoms. The summed E-state index contributed by atoms with van der Waals surface area (Å²) in [6, 6.07) is 24.1. The monoisotopic (exact) mass is 286 g/mol. The molecule has 2 nitrogen and oxygen atoms in total. The molecule has 0 aliphatic rings. The minimum Gasteiger partial charge on any atom is -0.399 e. The Balaban J connectivity index is 1.93. The summed E-state index contributed by atoms with van der Waals surface area (Å²) in [6.07, 6.45) is 4.12. The van der Waals surface area contributed by atoms with Gasteiger partial charge in [-0.3, -0.25) is 0 Å². The van der Waals surface area contributed by atoms with Gasteiger partial charge in [0.1, 0.15) is 0 Å². The van der Waals surface area contributed by atoms with E-state index in [0.717, 1.165) is 33.6 Å². The molecule has 0 spiro atoms. The third-order valence-electron chi connectivity index (χ3n) is 3.59. The van der Waals surface area contributed by atoms with Gasteiger partial charge in [0.2, 0.25) is 0 Å². The Morgan fingerprint density at radius 2 is 1.32 bits per heavy atom. The Bertz CT molecular complexity index is 788. The first-order chi connectivity index (χ1) is 10.7. The highest BCUT2D eigenvalue weighted by atomic mass is 14.6. The third kappa shape index (κ3) is 3.18. The zero-order valence-corrected chi connectivity index (χ0v) is 12.2. The highest BCUT2D eigenvalue weighted by Gasteiger charge is 2.01. The fourth-order valence-electron chi connectivity index (χ4n) is 2.32. The molecule has 0 saturated carbocycles. The lowest BCUT2D eigenvalue weighted by molar-refractivity contribution is 1.59. The van der Waals surface area contributed by atoms with E-state index in [1.165, 1.54) is 0 Å². The van der Waals surface area contributed by atoms with Gasteiger partial charge in [-0.1, -0.05) is 60.7 Å². The summed E-state index contributed by atoms with van der Waals surface area (Å²) in [5.74, 6) is 0. The fraction of sp³-hybridized carbons (Fsp3) is 0. The molecule has 0 atom stereocenters. The molecule has 0 bridgehead atoms. The van der Waals surface area contributed by atoms with Crippen LogP contribution in [0.3, 0.4) is 0 Å². The topological polar surface area (TPSA) is 52.0 Å². The number of hydrogen-bond acceptors (Lipinski definition) is 2. The summed E-state index contributed by atoms with van der Waals surface area (Å²) >= 11 is 0. The molecule has 0 amide bonds. The van der Waals surface area contributed by atoms with Gasteiger partial charge >= 0.3 is 0 Å². The van der Waals surface area contributed by atoms with E-state index < -0.39 is 0 Å². The van der Waals surface area contributed by atoms with E-state index in [9.17, 15) is 0 Å². The van der Waals surface area contributed by atoms with Gasteiger partial charge in [0.05, 0.1) is 0 Å². The Labute approximate surface area is 130 Å². The van der Waals surface area contributed by atoms with Gasteiger partial charge < -0.3 is 11.5 Å². The molecule has 0 fully saturated rings. The van der Waals surface area contributed by atoms with Crippen LogP contribution in [0.4, 0.5) is 11.4 Å². The number of benzene rings is 3. The molecular weight excluding hydrogens is 268 g/mol. The molecule has 0 saturated heterocycles. The van der Waals surface area contributed by atoms with E-state index in [0.29, 0.717) is 0 Å². The van der Waals surface area contributed by atoms with Crippen LogP contribution >= 0.6 is 0 Å². The van der Waals surface area contributed by atoms with E-state index in [4.69, 9.17) is 11.5 Å². The minimum absolute atomic E-state index is 0.767. The third-order valence-corrected chi connectivity index (χ3v) is 3.59. The van der Waals surface area contributed by atoms with E-state index in [1.807, 2.05) is 60.7 Å². The number of anilines is 2. The van der Waals surface area contributed by atoms with Gasteiger partial charge in [-0.2, -0.15) is 0 Å². The number of nitrogens with two attached hydrogens (primary N) is 2. The van der Waals surface area contributed by atoms with Crippen molar-refractivity contribution >= 4 is 23.5 Å². The van der Waals surface area contributed by atoms with E-state index in [1.54, 1.807) is 0 Å². The Morgan fingerprint density at radius 1 is 0.636 bits per heavy atom. The van der Waals surface area contributed by atoms with Gasteiger partial charge in [-0.25, -0.2) is 0 Å². The van der Waals surface area contributed by atoms with E-state index in [-0.39, 0.29) is 0 Å². The molecule has 3 aromatic carbocycles. The lowest BCUT2D eigenvalue weighted by Crippen LogP contribution is -1.90. The van der Waals surface area contributed by atoms with Gasteiger partial charge in [-0.15, -0.1) is 0 Å². The van der Waals surface area contributed by atoms with Crippen molar-refractivity contribution in [3.05, 3.63) is 83.9 Å². The molecule has 2 heteroatoms. The quantitative estimate of drug-likeness (QED) is 0.542. The summed E-state index contributed by atoms with van der Waals surface area (Å²) in [5, 5.41) is 0. The maximum absolute atomic E-state index is 6.08. The van der Waals surface area contributed by atoms with Gasteiger partial charge in [0, 0.05) is 11.4 Å². The average Bonchev–Trinajstić information content (AvgIpc) is 2.56. The number of hydrogen-bond donors (Lipinski definition) is 2. The smallest absolute Gasteiger partial charge is 0.0388 e. The first-order valence-electron chi connectivity index (χ1n) is 7.21. The maximum atomic E-state index is 6.08. The van der Waals surface area contributed by atoms with Crippen molar-refractivity contribution < 1.29 is 0 Å². The molecule has 0 heterocycles. The van der Waals surface area contributed by atoms with Gasteiger partial charge in [0.15, 0.2) is 0 Å². The largest absolute Gasteiger partial charge is 0.399 e. The average molecular weight is 286 g/mol. The Hall–Kier alpha value is -3.00. The molecule has 3 aromatic rings. The van der Waals surface area contributed by atoms with Crippen LogP contribution in [-0.2, 0) is 0 Å². The molecule has 3 rings (SSSR count). The van der Waals surface area contributed by atoms with Crippen LogP contribution in [0.2, 0.25) is 0 Å². The highest BCUT2D eigenvalue weighted by molar-refractivity contribution is 5.80. The van der Waals surface area contributed by atoms with Gasteiger partial charge in [0.25, 0.3) is 0 Å². The standard InChI is InChI=1S/C20H18N2/c21-19-11-8-16(9-12-19)17-10-13-20(22)18(14-17)7-6-15-4-2-1-3-5-15/h1-14H,21-22H2. The van der Waals surface area contributed by atoms with Crippen LogP contribution in [0.5, 0.6) is 0 Å². The molecule has 0 aliphatic carbocycles. The summed E-state index contributed by atoms with van der Waals surface area (Å²) in [5.41, 5.74) is 17.8. The van der Waals surface area contributed by atoms with Crippen LogP contribution in [0.1, 0.15) is 11.1 Å². The summed E-state index contributed by atoms with van der Waals surface area (Å²) in [7, 11) is 0. The zero-order valence-electron chi connectivity index (χ0n) is 12.2. The predicted molar refractivity (Wildman–Crippen MR) is 96.1 cm³/mol. The maximum Gasteiger partial charge on any atom is 0.0388 e. The second-order valence-electron chi connectivity index (χ2n) is 5.21. The lowest BCUT2D eigenvalue weighted by Gasteiger charge is -2.06. The van der Waals surface area contributed by atoms with Crippen LogP contribution < -0.4 is 11.5 Å². The second kappa shape index (κ2) is 6.19. The predicted octanol–water partition coefficient (Wildman–Crippen LogP) is 4.69. The Kier molecular flexibility index (Phi) is 3.92. The van der Waals surface area contributed by atoms with E-state index in [2.05, 4.69) is 24.3 Å². The van der Waals surface area contributed by atoms with Crippen molar-refractivity contribution in [2.24, 2.45) is 0 Å². The van der Waals surface area contributed by atoms with Crippen LogP contribution in [0.15, 0.2) is 72.8 Å². The summed E-state index contributed by atoms with van der Waals surface area (Å²) in [6.45, 7) is 0.